The maximum Gasteiger partial charge on any atom is 0.247 e. The molecule has 142 valence electrons. The van der Waals surface area contributed by atoms with E-state index < -0.39 is 10.0 Å². The number of ether oxygens (including phenoxy) is 1. The first kappa shape index (κ1) is 18.9. The van der Waals surface area contributed by atoms with E-state index in [1.807, 2.05) is 0 Å². The standard InChI is InChI=1S/C18H25N3O4S/c1-2-18(22)19-16-14-15(26(23,24)21-8-4-3-5-9-21)6-7-17(16)20-10-12-25-13-11-20/h2,6-7,14H,1,3-5,8-13H2,(H,19,22). The van der Waals surface area contributed by atoms with Crippen LogP contribution in [0.3, 0.4) is 0 Å². The molecule has 7 nitrogen and oxygen atoms in total. The Hall–Kier alpha value is -1.90. The van der Waals surface area contributed by atoms with Gasteiger partial charge < -0.3 is 15.0 Å². The van der Waals surface area contributed by atoms with E-state index in [4.69, 9.17) is 4.74 Å². The number of piperidine rings is 1. The van der Waals surface area contributed by atoms with Crippen molar-refractivity contribution in [2.24, 2.45) is 0 Å². The monoisotopic (exact) mass is 379 g/mol. The van der Waals surface area contributed by atoms with Crippen molar-refractivity contribution in [2.75, 3.05) is 49.6 Å². The predicted octanol–water partition coefficient (Wildman–Crippen LogP) is 1.82. The molecule has 0 aromatic heterocycles. The smallest absolute Gasteiger partial charge is 0.247 e. The summed E-state index contributed by atoms with van der Waals surface area (Å²) in [5, 5.41) is 2.75. The molecule has 8 heteroatoms. The lowest BCUT2D eigenvalue weighted by atomic mass is 10.2. The Morgan fingerprint density at radius 1 is 1.12 bits per heavy atom. The number of morpholine rings is 1. The van der Waals surface area contributed by atoms with Gasteiger partial charge in [-0.15, -0.1) is 0 Å². The van der Waals surface area contributed by atoms with Gasteiger partial charge in [-0.3, -0.25) is 4.79 Å². The zero-order chi connectivity index (χ0) is 18.6. The van der Waals surface area contributed by atoms with Crippen molar-refractivity contribution in [3.8, 4) is 0 Å². The van der Waals surface area contributed by atoms with Crippen LogP contribution in [0.25, 0.3) is 0 Å². The topological polar surface area (TPSA) is 79.0 Å². The summed E-state index contributed by atoms with van der Waals surface area (Å²) >= 11 is 0. The number of sulfonamides is 1. The summed E-state index contributed by atoms with van der Waals surface area (Å²) in [5.41, 5.74) is 1.27. The molecular weight excluding hydrogens is 354 g/mol. The first-order valence-corrected chi connectivity index (χ1v) is 10.4. The van der Waals surface area contributed by atoms with Gasteiger partial charge in [0.2, 0.25) is 15.9 Å². The molecular formula is C18H25N3O4S. The second-order valence-corrected chi connectivity index (χ2v) is 8.37. The Balaban J connectivity index is 1.95. The zero-order valence-corrected chi connectivity index (χ0v) is 15.6. The van der Waals surface area contributed by atoms with E-state index in [2.05, 4.69) is 16.8 Å². The van der Waals surface area contributed by atoms with Crippen LogP contribution in [0, 0.1) is 0 Å². The van der Waals surface area contributed by atoms with Crippen LogP contribution in [0.5, 0.6) is 0 Å². The van der Waals surface area contributed by atoms with E-state index in [1.165, 1.54) is 10.4 Å². The molecule has 2 fully saturated rings. The number of carbonyl (C=O) groups is 1. The normalized spacial score (nSPS) is 19.2. The number of rotatable bonds is 5. The molecule has 1 aromatic rings. The van der Waals surface area contributed by atoms with Crippen LogP contribution in [-0.2, 0) is 19.6 Å². The van der Waals surface area contributed by atoms with Gasteiger partial charge in [0.25, 0.3) is 0 Å². The molecule has 0 unspecified atom stereocenters. The van der Waals surface area contributed by atoms with Gasteiger partial charge in [-0.2, -0.15) is 4.31 Å². The summed E-state index contributed by atoms with van der Waals surface area (Å²) < 4.78 is 32.8. The maximum absolute atomic E-state index is 12.9. The average Bonchev–Trinajstić information content (AvgIpc) is 2.69. The Kier molecular flexibility index (Phi) is 5.95. The van der Waals surface area contributed by atoms with Crippen molar-refractivity contribution in [1.29, 1.82) is 0 Å². The minimum Gasteiger partial charge on any atom is -0.378 e. The van der Waals surface area contributed by atoms with Crippen molar-refractivity contribution in [3.05, 3.63) is 30.9 Å². The first-order chi connectivity index (χ1) is 12.5. The quantitative estimate of drug-likeness (QED) is 0.790. The minimum absolute atomic E-state index is 0.204. The molecule has 0 radical (unpaired) electrons. The minimum atomic E-state index is -3.56. The summed E-state index contributed by atoms with van der Waals surface area (Å²) in [6, 6.07) is 4.94. The van der Waals surface area contributed by atoms with Gasteiger partial charge in [-0.1, -0.05) is 13.0 Å². The van der Waals surface area contributed by atoms with E-state index in [9.17, 15) is 13.2 Å². The van der Waals surface area contributed by atoms with Gasteiger partial charge in [0.15, 0.2) is 0 Å². The Morgan fingerprint density at radius 3 is 2.46 bits per heavy atom. The predicted molar refractivity (Wildman–Crippen MR) is 101 cm³/mol. The molecule has 0 saturated carbocycles. The van der Waals surface area contributed by atoms with Crippen molar-refractivity contribution < 1.29 is 17.9 Å². The second-order valence-electron chi connectivity index (χ2n) is 6.44. The van der Waals surface area contributed by atoms with Gasteiger partial charge in [-0.05, 0) is 37.1 Å². The molecule has 2 aliphatic rings. The van der Waals surface area contributed by atoms with Gasteiger partial charge in [0, 0.05) is 26.2 Å². The van der Waals surface area contributed by atoms with Gasteiger partial charge >= 0.3 is 0 Å². The Bertz CT molecular complexity index is 767. The molecule has 2 saturated heterocycles. The number of nitrogens with one attached hydrogen (secondary N) is 1. The molecule has 1 amide bonds. The van der Waals surface area contributed by atoms with Crippen LogP contribution >= 0.6 is 0 Å². The molecule has 0 bridgehead atoms. The van der Waals surface area contributed by atoms with Crippen molar-refractivity contribution in [2.45, 2.75) is 24.2 Å². The fourth-order valence-electron chi connectivity index (χ4n) is 3.29. The Labute approximate surface area is 154 Å². The summed E-state index contributed by atoms with van der Waals surface area (Å²) in [4.78, 5) is 14.1. The number of nitrogens with zero attached hydrogens (tertiary/aromatic N) is 2. The first-order valence-electron chi connectivity index (χ1n) is 8.92. The van der Waals surface area contributed by atoms with E-state index in [1.54, 1.807) is 18.2 Å². The highest BCUT2D eigenvalue weighted by Crippen LogP contribution is 2.31. The van der Waals surface area contributed by atoms with Crippen molar-refractivity contribution in [3.63, 3.8) is 0 Å². The number of carbonyl (C=O) groups excluding carboxylic acids is 1. The van der Waals surface area contributed by atoms with Crippen LogP contribution in [0.2, 0.25) is 0 Å². The number of anilines is 2. The molecule has 0 aliphatic carbocycles. The van der Waals surface area contributed by atoms with Crippen LogP contribution < -0.4 is 10.2 Å². The van der Waals surface area contributed by atoms with Crippen molar-refractivity contribution >= 4 is 27.3 Å². The third-order valence-corrected chi connectivity index (χ3v) is 6.61. The number of benzene rings is 1. The van der Waals surface area contributed by atoms with Crippen LogP contribution in [0.1, 0.15) is 19.3 Å². The van der Waals surface area contributed by atoms with Crippen LogP contribution in [0.4, 0.5) is 11.4 Å². The second kappa shape index (κ2) is 8.20. The van der Waals surface area contributed by atoms with Gasteiger partial charge in [0.1, 0.15) is 0 Å². The molecule has 2 heterocycles. The highest BCUT2D eigenvalue weighted by molar-refractivity contribution is 7.89. The SMILES string of the molecule is C=CC(=O)Nc1cc(S(=O)(=O)N2CCCCC2)ccc1N1CCOCC1. The fourth-order valence-corrected chi connectivity index (χ4v) is 4.84. The third kappa shape index (κ3) is 4.08. The zero-order valence-electron chi connectivity index (χ0n) is 14.8. The fraction of sp³-hybridized carbons (Fsp3) is 0.500. The lowest BCUT2D eigenvalue weighted by Crippen LogP contribution is -2.37. The molecule has 0 atom stereocenters. The molecule has 3 rings (SSSR count). The summed E-state index contributed by atoms with van der Waals surface area (Å²) in [6.45, 7) is 7.14. The number of hydrogen-bond donors (Lipinski definition) is 1. The summed E-state index contributed by atoms with van der Waals surface area (Å²) in [7, 11) is -3.56. The van der Waals surface area contributed by atoms with E-state index in [0.29, 0.717) is 45.1 Å². The lowest BCUT2D eigenvalue weighted by Gasteiger charge is -2.31. The lowest BCUT2D eigenvalue weighted by molar-refractivity contribution is -0.111. The summed E-state index contributed by atoms with van der Waals surface area (Å²) in [5.74, 6) is -0.368. The Morgan fingerprint density at radius 2 is 1.81 bits per heavy atom. The average molecular weight is 379 g/mol. The van der Waals surface area contributed by atoms with Crippen LogP contribution in [-0.4, -0.2) is 58.0 Å². The van der Waals surface area contributed by atoms with E-state index in [-0.39, 0.29) is 10.8 Å². The molecule has 0 spiro atoms. The molecule has 1 aromatic carbocycles. The van der Waals surface area contributed by atoms with E-state index in [0.717, 1.165) is 24.9 Å². The van der Waals surface area contributed by atoms with Gasteiger partial charge in [-0.25, -0.2) is 8.42 Å². The molecule has 1 N–H and O–H groups in total. The maximum atomic E-state index is 12.9. The van der Waals surface area contributed by atoms with Crippen molar-refractivity contribution in [1.82, 2.24) is 4.31 Å². The highest BCUT2D eigenvalue weighted by Gasteiger charge is 2.27. The third-order valence-electron chi connectivity index (χ3n) is 4.72. The van der Waals surface area contributed by atoms with E-state index >= 15 is 0 Å². The number of hydrogen-bond acceptors (Lipinski definition) is 5. The number of amides is 1. The molecule has 26 heavy (non-hydrogen) atoms. The van der Waals surface area contributed by atoms with Gasteiger partial charge in [0.05, 0.1) is 29.5 Å². The largest absolute Gasteiger partial charge is 0.378 e. The van der Waals surface area contributed by atoms with Crippen LogP contribution in [0.15, 0.2) is 35.7 Å². The summed E-state index contributed by atoms with van der Waals surface area (Å²) in [6.07, 6.45) is 3.99. The highest BCUT2D eigenvalue weighted by atomic mass is 32.2. The molecule has 2 aliphatic heterocycles.